The van der Waals surface area contributed by atoms with Crippen LogP contribution in [0.2, 0.25) is 0 Å². The number of aromatic nitrogens is 1. The van der Waals surface area contributed by atoms with E-state index in [1.807, 2.05) is 30.3 Å². The number of nitrogen functional groups attached to an aromatic ring is 1. The van der Waals surface area contributed by atoms with E-state index >= 15 is 0 Å². The van der Waals surface area contributed by atoms with Crippen molar-refractivity contribution in [2.24, 2.45) is 5.84 Å². The third-order valence-corrected chi connectivity index (χ3v) is 3.71. The largest absolute Gasteiger partial charge is 0.497 e. The molecule has 0 saturated carbocycles. The van der Waals surface area contributed by atoms with Gasteiger partial charge in [0.2, 0.25) is 0 Å². The van der Waals surface area contributed by atoms with Crippen molar-refractivity contribution in [1.82, 2.24) is 10.4 Å². The highest BCUT2D eigenvalue weighted by molar-refractivity contribution is 7.98. The number of carbonyl (C=O) groups excluding carboxylic acids is 1. The number of amides is 1. The molecule has 5 nitrogen and oxygen atoms in total. The summed E-state index contributed by atoms with van der Waals surface area (Å²) in [5.41, 5.74) is 3.43. The molecule has 0 fully saturated rings. The predicted molar refractivity (Wildman–Crippen MR) is 78.4 cm³/mol. The van der Waals surface area contributed by atoms with Gasteiger partial charge in [-0.15, -0.1) is 11.8 Å². The lowest BCUT2D eigenvalue weighted by Crippen LogP contribution is -2.30. The third-order valence-electron chi connectivity index (χ3n) is 2.66. The minimum atomic E-state index is -0.341. The van der Waals surface area contributed by atoms with Gasteiger partial charge >= 0.3 is 0 Å². The molecule has 0 radical (unpaired) electrons. The normalized spacial score (nSPS) is 10.1. The molecule has 2 aromatic rings. The van der Waals surface area contributed by atoms with Gasteiger partial charge in [0, 0.05) is 16.8 Å². The average Bonchev–Trinajstić information content (AvgIpc) is 2.53. The van der Waals surface area contributed by atoms with E-state index in [4.69, 9.17) is 10.6 Å². The van der Waals surface area contributed by atoms with Gasteiger partial charge in [-0.2, -0.15) is 0 Å². The zero-order chi connectivity index (χ0) is 14.4. The molecule has 0 aliphatic heterocycles. The van der Waals surface area contributed by atoms with Gasteiger partial charge in [-0.25, -0.2) is 5.84 Å². The number of nitrogens with one attached hydrogen (secondary N) is 1. The van der Waals surface area contributed by atoms with Crippen molar-refractivity contribution in [1.29, 1.82) is 0 Å². The standard InChI is InChI=1S/C14H15N3O2S/c1-19-12-4-6-13(7-5-12)20-9-11-3-2-10(8-16-11)14(18)17-15/h2-8H,9,15H2,1H3,(H,17,18). The van der Waals surface area contributed by atoms with E-state index in [1.54, 1.807) is 24.9 Å². The van der Waals surface area contributed by atoms with Gasteiger partial charge in [0.05, 0.1) is 18.4 Å². The Hall–Kier alpha value is -2.05. The summed E-state index contributed by atoms with van der Waals surface area (Å²) in [6, 6.07) is 11.4. The molecule has 0 atom stereocenters. The first-order chi connectivity index (χ1) is 9.72. The van der Waals surface area contributed by atoms with Gasteiger partial charge in [0.15, 0.2) is 0 Å². The van der Waals surface area contributed by atoms with Crippen LogP contribution >= 0.6 is 11.8 Å². The second-order valence-corrected chi connectivity index (χ2v) is 5.02. The molecule has 1 aromatic heterocycles. The molecular formula is C14H15N3O2S. The summed E-state index contributed by atoms with van der Waals surface area (Å²) in [6.07, 6.45) is 1.52. The van der Waals surface area contributed by atoms with Gasteiger partial charge in [-0.3, -0.25) is 15.2 Å². The molecule has 0 spiro atoms. The Morgan fingerprint density at radius 2 is 2.05 bits per heavy atom. The topological polar surface area (TPSA) is 77.2 Å². The van der Waals surface area contributed by atoms with E-state index in [0.717, 1.165) is 22.1 Å². The summed E-state index contributed by atoms with van der Waals surface area (Å²) in [6.45, 7) is 0. The van der Waals surface area contributed by atoms with Crippen molar-refractivity contribution in [2.45, 2.75) is 10.6 Å². The van der Waals surface area contributed by atoms with Crippen molar-refractivity contribution in [3.8, 4) is 5.75 Å². The number of carbonyl (C=O) groups is 1. The molecule has 20 heavy (non-hydrogen) atoms. The summed E-state index contributed by atoms with van der Waals surface area (Å²) in [5, 5.41) is 0. The number of thioether (sulfide) groups is 1. The summed E-state index contributed by atoms with van der Waals surface area (Å²) in [4.78, 5) is 16.6. The van der Waals surface area contributed by atoms with Crippen LogP contribution < -0.4 is 16.0 Å². The third kappa shape index (κ3) is 3.72. The van der Waals surface area contributed by atoms with Gasteiger partial charge in [-0.1, -0.05) is 0 Å². The fraction of sp³-hybridized carbons (Fsp3) is 0.143. The summed E-state index contributed by atoms with van der Waals surface area (Å²) < 4.78 is 5.11. The lowest BCUT2D eigenvalue weighted by Gasteiger charge is -2.04. The number of hydrogen-bond acceptors (Lipinski definition) is 5. The first kappa shape index (κ1) is 14.4. The van der Waals surface area contributed by atoms with Crippen LogP contribution in [0.15, 0.2) is 47.5 Å². The van der Waals surface area contributed by atoms with Crippen LogP contribution in [-0.2, 0) is 5.75 Å². The fourth-order valence-corrected chi connectivity index (χ4v) is 2.37. The maximum Gasteiger partial charge on any atom is 0.266 e. The van der Waals surface area contributed by atoms with Crippen LogP contribution in [-0.4, -0.2) is 18.0 Å². The number of ether oxygens (including phenoxy) is 1. The van der Waals surface area contributed by atoms with Crippen molar-refractivity contribution in [3.05, 3.63) is 53.9 Å². The lowest BCUT2D eigenvalue weighted by atomic mass is 10.2. The second-order valence-electron chi connectivity index (χ2n) is 3.98. The van der Waals surface area contributed by atoms with E-state index in [1.165, 1.54) is 6.20 Å². The monoisotopic (exact) mass is 289 g/mol. The zero-order valence-corrected chi connectivity index (χ0v) is 11.8. The maximum absolute atomic E-state index is 11.3. The molecular weight excluding hydrogens is 274 g/mol. The molecule has 1 amide bonds. The number of methoxy groups -OCH3 is 1. The van der Waals surface area contributed by atoms with Crippen molar-refractivity contribution in [2.75, 3.05) is 7.11 Å². The minimum absolute atomic E-state index is 0.341. The van der Waals surface area contributed by atoms with Crippen LogP contribution in [0.1, 0.15) is 16.1 Å². The molecule has 6 heteroatoms. The van der Waals surface area contributed by atoms with Crippen molar-refractivity contribution >= 4 is 17.7 Å². The highest BCUT2D eigenvalue weighted by atomic mass is 32.2. The van der Waals surface area contributed by atoms with Crippen LogP contribution in [0.25, 0.3) is 0 Å². The molecule has 1 heterocycles. The maximum atomic E-state index is 11.3. The number of pyridine rings is 1. The van der Waals surface area contributed by atoms with Crippen LogP contribution in [0.5, 0.6) is 5.75 Å². The SMILES string of the molecule is COc1ccc(SCc2ccc(C(=O)NN)cn2)cc1. The Bertz CT molecular complexity index is 570. The lowest BCUT2D eigenvalue weighted by molar-refractivity contribution is 0.0953. The Labute approximate surface area is 121 Å². The Balaban J connectivity index is 1.94. The molecule has 2 rings (SSSR count). The van der Waals surface area contributed by atoms with Gasteiger partial charge < -0.3 is 4.74 Å². The zero-order valence-electron chi connectivity index (χ0n) is 11.0. The Morgan fingerprint density at radius 1 is 1.30 bits per heavy atom. The molecule has 0 aliphatic rings. The molecule has 0 saturated heterocycles. The first-order valence-corrected chi connectivity index (χ1v) is 6.94. The van der Waals surface area contributed by atoms with Crippen LogP contribution in [0.4, 0.5) is 0 Å². The first-order valence-electron chi connectivity index (χ1n) is 5.95. The molecule has 0 bridgehead atoms. The quantitative estimate of drug-likeness (QED) is 0.381. The molecule has 1 aromatic carbocycles. The van der Waals surface area contributed by atoms with Gasteiger partial charge in [-0.05, 0) is 36.4 Å². The Kier molecular flexibility index (Phi) is 4.97. The Morgan fingerprint density at radius 3 is 2.60 bits per heavy atom. The molecule has 0 unspecified atom stereocenters. The second kappa shape index (κ2) is 6.93. The predicted octanol–water partition coefficient (Wildman–Crippen LogP) is 1.99. The summed E-state index contributed by atoms with van der Waals surface area (Å²) in [7, 11) is 1.64. The van der Waals surface area contributed by atoms with E-state index in [2.05, 4.69) is 10.4 Å². The number of hydrazine groups is 1. The molecule has 0 aliphatic carbocycles. The van der Waals surface area contributed by atoms with E-state index in [0.29, 0.717) is 5.56 Å². The van der Waals surface area contributed by atoms with E-state index < -0.39 is 0 Å². The van der Waals surface area contributed by atoms with Gasteiger partial charge in [0.25, 0.3) is 5.91 Å². The van der Waals surface area contributed by atoms with Crippen molar-refractivity contribution < 1.29 is 9.53 Å². The molecule has 3 N–H and O–H groups in total. The van der Waals surface area contributed by atoms with Crippen LogP contribution in [0.3, 0.4) is 0 Å². The average molecular weight is 289 g/mol. The number of nitrogens with zero attached hydrogens (tertiary/aromatic N) is 1. The summed E-state index contributed by atoms with van der Waals surface area (Å²) in [5.74, 6) is 6.29. The van der Waals surface area contributed by atoms with E-state index in [-0.39, 0.29) is 5.91 Å². The van der Waals surface area contributed by atoms with Crippen LogP contribution in [0, 0.1) is 0 Å². The number of nitrogens with two attached hydrogens (primary N) is 1. The fourth-order valence-electron chi connectivity index (χ4n) is 1.56. The molecule has 104 valence electrons. The van der Waals surface area contributed by atoms with Gasteiger partial charge in [0.1, 0.15) is 5.75 Å². The number of rotatable bonds is 5. The minimum Gasteiger partial charge on any atom is -0.497 e. The van der Waals surface area contributed by atoms with E-state index in [9.17, 15) is 4.79 Å². The highest BCUT2D eigenvalue weighted by Crippen LogP contribution is 2.24. The highest BCUT2D eigenvalue weighted by Gasteiger charge is 2.04. The smallest absolute Gasteiger partial charge is 0.266 e. The number of hydrogen-bond donors (Lipinski definition) is 2. The number of benzene rings is 1. The summed E-state index contributed by atoms with van der Waals surface area (Å²) >= 11 is 1.67. The van der Waals surface area contributed by atoms with Crippen molar-refractivity contribution in [3.63, 3.8) is 0 Å².